The van der Waals surface area contributed by atoms with E-state index < -0.39 is 23.0 Å². The third kappa shape index (κ3) is 12.5. The van der Waals surface area contributed by atoms with Crippen molar-refractivity contribution in [2.45, 2.75) is 106 Å². The molecule has 290 valence electrons. The molecule has 2 aliphatic rings. The van der Waals surface area contributed by atoms with Gasteiger partial charge in [0.1, 0.15) is 11.6 Å². The average molecular weight is 737 g/mol. The monoisotopic (exact) mass is 736 g/mol. The van der Waals surface area contributed by atoms with Gasteiger partial charge in [-0.05, 0) is 73.6 Å². The summed E-state index contributed by atoms with van der Waals surface area (Å²) in [5.41, 5.74) is 4.58. The number of aromatic nitrogens is 4. The Morgan fingerprint density at radius 1 is 0.593 bits per heavy atom. The van der Waals surface area contributed by atoms with Crippen LogP contribution in [0.1, 0.15) is 92.7 Å². The summed E-state index contributed by atoms with van der Waals surface area (Å²) >= 11 is 0. The smallest absolute Gasteiger partial charge is 0.229 e. The van der Waals surface area contributed by atoms with Gasteiger partial charge in [0.25, 0.3) is 0 Å². The molecule has 10 heteroatoms. The lowest BCUT2D eigenvalue weighted by atomic mass is 10.00. The van der Waals surface area contributed by atoms with Crippen molar-refractivity contribution >= 4 is 11.8 Å². The Balaban J connectivity index is 0.000000747. The summed E-state index contributed by atoms with van der Waals surface area (Å²) < 4.78 is 0. The van der Waals surface area contributed by atoms with Gasteiger partial charge in [-0.15, -0.1) is 25.7 Å². The average Bonchev–Trinajstić information content (AvgIpc) is 4.05. The van der Waals surface area contributed by atoms with Crippen LogP contribution in [-0.4, -0.2) is 54.2 Å². The second-order valence-corrected chi connectivity index (χ2v) is 15.1. The van der Waals surface area contributed by atoms with Crippen LogP contribution in [0.2, 0.25) is 0 Å². The maximum Gasteiger partial charge on any atom is 0.229 e. The summed E-state index contributed by atoms with van der Waals surface area (Å²) in [4.78, 5) is 40.3. The van der Waals surface area contributed by atoms with Gasteiger partial charge in [-0.2, -0.15) is 0 Å². The number of terminal acetylenes is 2. The van der Waals surface area contributed by atoms with Crippen LogP contribution >= 0.6 is 0 Å². The SMILES string of the molecule is C#C.C#C.CC(C)C.CC(C)C.CC(O)C1(C(=O)NCc2ncc(-c3ccc(-c4ccc(-c5cnc(CNC(=O)C6(C(C)O)CC6)[nH]5)cc4)cc3)[nH]2)CC1. The maximum atomic E-state index is 12.5. The molecule has 2 unspecified atom stereocenters. The summed E-state index contributed by atoms with van der Waals surface area (Å²) in [6, 6.07) is 16.4. The highest BCUT2D eigenvalue weighted by Gasteiger charge is 2.54. The maximum absolute atomic E-state index is 12.5. The summed E-state index contributed by atoms with van der Waals surface area (Å²) in [6.07, 6.45) is 21.1. The normalized spacial score (nSPS) is 15.2. The fourth-order valence-electron chi connectivity index (χ4n) is 5.50. The molecule has 6 N–H and O–H groups in total. The van der Waals surface area contributed by atoms with Gasteiger partial charge in [-0.1, -0.05) is 90.1 Å². The van der Waals surface area contributed by atoms with Gasteiger partial charge in [0, 0.05) is 0 Å². The number of benzene rings is 2. The van der Waals surface area contributed by atoms with Crippen molar-refractivity contribution in [3.63, 3.8) is 0 Å². The first kappa shape index (κ1) is 45.0. The predicted molar refractivity (Wildman–Crippen MR) is 218 cm³/mol. The number of aliphatic hydroxyl groups excluding tert-OH is 2. The van der Waals surface area contributed by atoms with E-state index in [-0.39, 0.29) is 24.9 Å². The Morgan fingerprint density at radius 3 is 1.09 bits per heavy atom. The molecule has 0 bridgehead atoms. The Bertz CT molecular complexity index is 1630. The van der Waals surface area contributed by atoms with Crippen molar-refractivity contribution in [2.75, 3.05) is 0 Å². The van der Waals surface area contributed by atoms with Crippen LogP contribution in [0.25, 0.3) is 33.6 Å². The highest BCUT2D eigenvalue weighted by molar-refractivity contribution is 5.86. The molecule has 0 spiro atoms. The number of nitrogens with one attached hydrogen (secondary N) is 4. The Labute approximate surface area is 322 Å². The molecule has 2 saturated carbocycles. The fourth-order valence-corrected chi connectivity index (χ4v) is 5.50. The zero-order valence-corrected chi connectivity index (χ0v) is 33.2. The van der Waals surface area contributed by atoms with Gasteiger partial charge in [-0.3, -0.25) is 9.59 Å². The van der Waals surface area contributed by atoms with E-state index in [1.165, 1.54) is 0 Å². The molecule has 2 amide bonds. The number of hydrogen-bond acceptors (Lipinski definition) is 6. The van der Waals surface area contributed by atoms with Crippen molar-refractivity contribution in [1.29, 1.82) is 0 Å². The molecular formula is C44H60N6O4. The highest BCUT2D eigenvalue weighted by atomic mass is 16.3. The zero-order chi connectivity index (χ0) is 40.6. The molecule has 2 aromatic heterocycles. The van der Waals surface area contributed by atoms with Gasteiger partial charge < -0.3 is 30.8 Å². The molecule has 2 aromatic carbocycles. The van der Waals surface area contributed by atoms with Crippen molar-refractivity contribution in [3.8, 4) is 59.3 Å². The number of aliphatic hydroxyl groups is 2. The summed E-state index contributed by atoms with van der Waals surface area (Å²) in [5.74, 6) is 2.75. The number of carbonyl (C=O) groups excluding carboxylic acids is 2. The standard InChI is InChI=1S/C32H36N6O4.2C4H10.2C2H2/c1-19(39)31(11-12-31)29(41)35-17-27-33-15-25(37-27)23-7-3-21(4-8-23)22-5-9-24(10-6-22)26-16-34-28(38-26)18-36-30(42)32(13-14-32)20(2)40;2*1-4(2)3;2*1-2/h3-10,15-16,19-20,39-40H,11-14,17-18H2,1-2H3,(H,33,37)(H,34,38)(H,35,41)(H,36,42);2*4H,1-3H3;2*1-2H. The first-order chi connectivity index (χ1) is 25.7. The van der Waals surface area contributed by atoms with Gasteiger partial charge >= 0.3 is 0 Å². The van der Waals surface area contributed by atoms with Crippen LogP contribution in [0.3, 0.4) is 0 Å². The van der Waals surface area contributed by atoms with Crippen molar-refractivity contribution in [1.82, 2.24) is 30.6 Å². The van der Waals surface area contributed by atoms with Crippen LogP contribution in [0, 0.1) is 48.4 Å². The van der Waals surface area contributed by atoms with Crippen molar-refractivity contribution < 1.29 is 19.8 Å². The number of rotatable bonds is 11. The van der Waals surface area contributed by atoms with Crippen LogP contribution < -0.4 is 10.6 Å². The number of amides is 2. The van der Waals surface area contributed by atoms with Crippen LogP contribution in [0.4, 0.5) is 0 Å². The summed E-state index contributed by atoms with van der Waals surface area (Å²) in [6.45, 7) is 16.9. The van der Waals surface area contributed by atoms with Gasteiger partial charge in [0.05, 0.1) is 59.9 Å². The molecular weight excluding hydrogens is 677 g/mol. The van der Waals surface area contributed by atoms with E-state index in [4.69, 9.17) is 0 Å². The minimum absolute atomic E-state index is 0.123. The summed E-state index contributed by atoms with van der Waals surface area (Å²) in [5, 5.41) is 25.6. The predicted octanol–water partition coefficient (Wildman–Crippen LogP) is 7.51. The molecule has 2 aliphatic carbocycles. The first-order valence-electron chi connectivity index (χ1n) is 18.5. The lowest BCUT2D eigenvalue weighted by molar-refractivity contribution is -0.131. The van der Waals surface area contributed by atoms with E-state index in [1.807, 2.05) is 24.3 Å². The first-order valence-corrected chi connectivity index (χ1v) is 18.5. The van der Waals surface area contributed by atoms with Gasteiger partial charge in [0.15, 0.2) is 0 Å². The fraction of sp³-hybridized carbons (Fsp3) is 0.455. The van der Waals surface area contributed by atoms with E-state index in [2.05, 4.69) is 122 Å². The number of carbonyl (C=O) groups is 2. The minimum Gasteiger partial charge on any atom is -0.392 e. The van der Waals surface area contributed by atoms with Crippen LogP contribution in [-0.2, 0) is 22.7 Å². The van der Waals surface area contributed by atoms with E-state index >= 15 is 0 Å². The third-order valence-electron chi connectivity index (χ3n) is 8.90. The molecule has 6 rings (SSSR count). The Morgan fingerprint density at radius 2 is 0.852 bits per heavy atom. The number of hydrogen-bond donors (Lipinski definition) is 6. The highest BCUT2D eigenvalue weighted by Crippen LogP contribution is 2.49. The molecule has 2 heterocycles. The molecule has 54 heavy (non-hydrogen) atoms. The molecule has 0 saturated heterocycles. The number of aromatic amines is 2. The van der Waals surface area contributed by atoms with Gasteiger partial charge in [0.2, 0.25) is 11.8 Å². The topological polar surface area (TPSA) is 156 Å². The second kappa shape index (κ2) is 20.9. The number of imidazole rings is 2. The van der Waals surface area contributed by atoms with Crippen molar-refractivity contribution in [3.05, 3.63) is 72.6 Å². The zero-order valence-electron chi connectivity index (χ0n) is 33.2. The second-order valence-electron chi connectivity index (χ2n) is 15.1. The Kier molecular flexibility index (Phi) is 17.4. The van der Waals surface area contributed by atoms with E-state index in [0.717, 1.165) is 45.5 Å². The molecule has 0 aliphatic heterocycles. The molecule has 4 aromatic rings. The largest absolute Gasteiger partial charge is 0.392 e. The van der Waals surface area contributed by atoms with Crippen LogP contribution in [0.5, 0.6) is 0 Å². The van der Waals surface area contributed by atoms with Crippen molar-refractivity contribution in [2.24, 2.45) is 22.7 Å². The van der Waals surface area contributed by atoms with E-state index in [0.29, 0.717) is 37.3 Å². The van der Waals surface area contributed by atoms with E-state index in [1.54, 1.807) is 26.2 Å². The van der Waals surface area contributed by atoms with Crippen LogP contribution in [0.15, 0.2) is 60.9 Å². The summed E-state index contributed by atoms with van der Waals surface area (Å²) in [7, 11) is 0. The Hall–Kier alpha value is -5.16. The quantitative estimate of drug-likeness (QED) is 0.0876. The number of nitrogens with zero attached hydrogens (tertiary/aromatic N) is 2. The van der Waals surface area contributed by atoms with E-state index in [9.17, 15) is 19.8 Å². The third-order valence-corrected chi connectivity index (χ3v) is 8.90. The number of H-pyrrole nitrogens is 2. The lowest BCUT2D eigenvalue weighted by Gasteiger charge is -2.17. The lowest BCUT2D eigenvalue weighted by Crippen LogP contribution is -2.38. The molecule has 2 fully saturated rings. The van der Waals surface area contributed by atoms with Gasteiger partial charge in [-0.25, -0.2) is 9.97 Å². The molecule has 10 nitrogen and oxygen atoms in total. The molecule has 0 radical (unpaired) electrons. The molecule has 2 atom stereocenters. The minimum atomic E-state index is -0.652.